The Hall–Kier alpha value is -1.07. The van der Waals surface area contributed by atoms with Gasteiger partial charge in [-0.15, -0.1) is 6.58 Å². The molecule has 0 spiro atoms. The van der Waals surface area contributed by atoms with Crippen molar-refractivity contribution in [2.45, 2.75) is 58.1 Å². The molecular formula is C13H23NO4. The van der Waals surface area contributed by atoms with Crippen LogP contribution in [0.5, 0.6) is 0 Å². The minimum Gasteiger partial charge on any atom is -0.444 e. The molecule has 1 rings (SSSR count). The molecule has 18 heavy (non-hydrogen) atoms. The van der Waals surface area contributed by atoms with Crippen LogP contribution in [0.4, 0.5) is 4.79 Å². The van der Waals surface area contributed by atoms with E-state index in [0.717, 1.165) is 0 Å². The van der Waals surface area contributed by atoms with Gasteiger partial charge in [0.25, 0.3) is 0 Å². The molecule has 0 unspecified atom stereocenters. The molecule has 0 aromatic carbocycles. The highest BCUT2D eigenvalue weighted by Crippen LogP contribution is 2.31. The lowest BCUT2D eigenvalue weighted by Crippen LogP contribution is -2.52. The molecule has 0 bridgehead atoms. The highest BCUT2D eigenvalue weighted by Gasteiger charge is 2.47. The third-order valence-electron chi connectivity index (χ3n) is 2.75. The average molecular weight is 257 g/mol. The highest BCUT2D eigenvalue weighted by atomic mass is 16.6. The van der Waals surface area contributed by atoms with Gasteiger partial charge in [0.05, 0.1) is 18.8 Å². The zero-order valence-electron chi connectivity index (χ0n) is 11.8. The van der Waals surface area contributed by atoms with Crippen LogP contribution in [0.1, 0.15) is 34.6 Å². The predicted octanol–water partition coefficient (Wildman–Crippen LogP) is 1.91. The van der Waals surface area contributed by atoms with Crippen molar-refractivity contribution in [3.63, 3.8) is 0 Å². The lowest BCUT2D eigenvalue weighted by molar-refractivity contribution is -0.0660. The Kier molecular flexibility index (Phi) is 4.08. The predicted molar refractivity (Wildman–Crippen MR) is 68.1 cm³/mol. The molecule has 104 valence electrons. The van der Waals surface area contributed by atoms with Gasteiger partial charge in [0.1, 0.15) is 11.3 Å². The van der Waals surface area contributed by atoms with Gasteiger partial charge in [-0.05, 0) is 34.6 Å². The number of aliphatic hydroxyl groups excluding tert-OH is 1. The number of carbonyl (C=O) groups excluding carboxylic acids is 1. The van der Waals surface area contributed by atoms with E-state index in [1.165, 1.54) is 11.0 Å². The lowest BCUT2D eigenvalue weighted by Gasteiger charge is -2.35. The summed E-state index contributed by atoms with van der Waals surface area (Å²) in [5, 5.41) is 9.86. The Bertz CT molecular complexity index is 332. The third kappa shape index (κ3) is 3.23. The summed E-state index contributed by atoms with van der Waals surface area (Å²) in [7, 11) is 0. The molecule has 0 saturated carbocycles. The zero-order chi connectivity index (χ0) is 14.1. The van der Waals surface area contributed by atoms with Crippen molar-refractivity contribution in [2.75, 3.05) is 6.61 Å². The van der Waals surface area contributed by atoms with E-state index in [0.29, 0.717) is 0 Å². The number of ether oxygens (including phenoxy) is 2. The van der Waals surface area contributed by atoms with Gasteiger partial charge >= 0.3 is 6.09 Å². The number of rotatable bonds is 2. The molecule has 0 aliphatic carbocycles. The second-order valence-electron chi connectivity index (χ2n) is 5.90. The normalized spacial score (nSPS) is 24.8. The maximum absolute atomic E-state index is 12.2. The zero-order valence-corrected chi connectivity index (χ0v) is 11.8. The average Bonchev–Trinajstić information content (AvgIpc) is 2.50. The molecule has 1 amide bonds. The van der Waals surface area contributed by atoms with Crippen LogP contribution in [-0.4, -0.2) is 46.2 Å². The standard InChI is InChI=1S/C13H23NO4/c1-7-10(15)9-8-17-13(5,6)14(9)11(16)18-12(2,3)4/h7,9-10,15H,1,8H2,2-6H3/t9-,10-/m1/s1. The maximum Gasteiger partial charge on any atom is 0.413 e. The minimum atomic E-state index is -0.834. The van der Waals surface area contributed by atoms with Crippen LogP contribution in [0, 0.1) is 0 Å². The first-order valence-corrected chi connectivity index (χ1v) is 6.05. The van der Waals surface area contributed by atoms with Crippen LogP contribution in [0.2, 0.25) is 0 Å². The summed E-state index contributed by atoms with van der Waals surface area (Å²) < 4.78 is 10.9. The van der Waals surface area contributed by atoms with Crippen LogP contribution in [0.25, 0.3) is 0 Å². The van der Waals surface area contributed by atoms with E-state index in [4.69, 9.17) is 9.47 Å². The maximum atomic E-state index is 12.2. The van der Waals surface area contributed by atoms with Gasteiger partial charge in [0.2, 0.25) is 0 Å². The number of nitrogens with zero attached hydrogens (tertiary/aromatic N) is 1. The minimum absolute atomic E-state index is 0.263. The number of hydrogen-bond acceptors (Lipinski definition) is 4. The smallest absolute Gasteiger partial charge is 0.413 e. The molecule has 5 nitrogen and oxygen atoms in total. The summed E-state index contributed by atoms with van der Waals surface area (Å²) in [4.78, 5) is 13.6. The Morgan fingerprint density at radius 1 is 1.61 bits per heavy atom. The molecule has 0 radical (unpaired) electrons. The van der Waals surface area contributed by atoms with E-state index in [2.05, 4.69) is 6.58 Å². The largest absolute Gasteiger partial charge is 0.444 e. The fourth-order valence-electron chi connectivity index (χ4n) is 1.91. The Balaban J connectivity index is 2.92. The van der Waals surface area contributed by atoms with Gasteiger partial charge in [-0.25, -0.2) is 4.79 Å². The molecule has 1 aliphatic heterocycles. The molecule has 2 atom stereocenters. The van der Waals surface area contributed by atoms with Crippen molar-refractivity contribution >= 4 is 6.09 Å². The SMILES string of the molecule is C=C[C@@H](O)[C@H]1COC(C)(C)N1C(=O)OC(C)(C)C. The first kappa shape index (κ1) is 15.0. The third-order valence-corrected chi connectivity index (χ3v) is 2.75. The first-order chi connectivity index (χ1) is 8.08. The second kappa shape index (κ2) is 4.90. The van der Waals surface area contributed by atoms with E-state index < -0.39 is 29.6 Å². The van der Waals surface area contributed by atoms with Gasteiger partial charge in [-0.3, -0.25) is 4.90 Å². The van der Waals surface area contributed by atoms with Crippen LogP contribution in [0.3, 0.4) is 0 Å². The number of amides is 1. The molecule has 1 N–H and O–H groups in total. The van der Waals surface area contributed by atoms with E-state index in [1.54, 1.807) is 34.6 Å². The first-order valence-electron chi connectivity index (χ1n) is 6.05. The van der Waals surface area contributed by atoms with E-state index in [1.807, 2.05) is 0 Å². The van der Waals surface area contributed by atoms with Crippen LogP contribution >= 0.6 is 0 Å². The Morgan fingerprint density at radius 3 is 2.61 bits per heavy atom. The van der Waals surface area contributed by atoms with Crippen molar-refractivity contribution < 1.29 is 19.4 Å². The summed E-state index contributed by atoms with van der Waals surface area (Å²) in [6.45, 7) is 12.7. The van der Waals surface area contributed by atoms with Crippen molar-refractivity contribution in [1.82, 2.24) is 4.90 Å². The van der Waals surface area contributed by atoms with E-state index in [-0.39, 0.29) is 6.61 Å². The fourth-order valence-corrected chi connectivity index (χ4v) is 1.91. The summed E-state index contributed by atoms with van der Waals surface area (Å²) in [5.74, 6) is 0. The van der Waals surface area contributed by atoms with Crippen LogP contribution < -0.4 is 0 Å². The molecule has 1 heterocycles. The Labute approximate surface area is 108 Å². The monoisotopic (exact) mass is 257 g/mol. The van der Waals surface area contributed by atoms with Crippen LogP contribution in [0.15, 0.2) is 12.7 Å². The molecular weight excluding hydrogens is 234 g/mol. The topological polar surface area (TPSA) is 59.0 Å². The van der Waals surface area contributed by atoms with Gasteiger partial charge in [-0.2, -0.15) is 0 Å². The van der Waals surface area contributed by atoms with Gasteiger partial charge in [-0.1, -0.05) is 6.08 Å². The van der Waals surface area contributed by atoms with Crippen molar-refractivity contribution in [3.05, 3.63) is 12.7 Å². The van der Waals surface area contributed by atoms with Gasteiger partial charge < -0.3 is 14.6 Å². The summed E-state index contributed by atoms with van der Waals surface area (Å²) in [6, 6.07) is -0.465. The fraction of sp³-hybridized carbons (Fsp3) is 0.769. The number of hydrogen-bond donors (Lipinski definition) is 1. The van der Waals surface area contributed by atoms with Crippen molar-refractivity contribution in [1.29, 1.82) is 0 Å². The van der Waals surface area contributed by atoms with Gasteiger partial charge in [0.15, 0.2) is 0 Å². The van der Waals surface area contributed by atoms with Crippen LogP contribution in [-0.2, 0) is 9.47 Å². The summed E-state index contributed by atoms with van der Waals surface area (Å²) in [5.41, 5.74) is -1.38. The molecule has 1 aliphatic rings. The van der Waals surface area contributed by atoms with Gasteiger partial charge in [0, 0.05) is 0 Å². The van der Waals surface area contributed by atoms with E-state index in [9.17, 15) is 9.90 Å². The number of aliphatic hydroxyl groups is 1. The molecule has 1 fully saturated rings. The quantitative estimate of drug-likeness (QED) is 0.768. The molecule has 5 heteroatoms. The Morgan fingerprint density at radius 2 is 2.17 bits per heavy atom. The molecule has 0 aromatic heterocycles. The lowest BCUT2D eigenvalue weighted by atomic mass is 10.1. The molecule has 1 saturated heterocycles. The second-order valence-corrected chi connectivity index (χ2v) is 5.90. The van der Waals surface area contributed by atoms with Crippen molar-refractivity contribution in [2.24, 2.45) is 0 Å². The molecule has 0 aromatic rings. The summed E-state index contributed by atoms with van der Waals surface area (Å²) >= 11 is 0. The van der Waals surface area contributed by atoms with Crippen molar-refractivity contribution in [3.8, 4) is 0 Å². The van der Waals surface area contributed by atoms with E-state index >= 15 is 0 Å². The number of carbonyl (C=O) groups is 1. The highest BCUT2D eigenvalue weighted by molar-refractivity contribution is 5.70. The summed E-state index contributed by atoms with van der Waals surface area (Å²) in [6.07, 6.45) is 0.0717.